The van der Waals surface area contributed by atoms with E-state index >= 15 is 17.6 Å². The third-order valence-corrected chi connectivity index (χ3v) is 9.61. The first-order valence-electron chi connectivity index (χ1n) is 16.1. The second kappa shape index (κ2) is 13.4. The normalized spacial score (nSPS) is 19.4. The Labute approximate surface area is 312 Å². The minimum absolute atomic E-state index is 0.447. The van der Waals surface area contributed by atoms with Crippen LogP contribution in [0.4, 0.5) is 61.5 Å². The van der Waals surface area contributed by atoms with E-state index in [1.165, 1.54) is 0 Å². The number of rotatable bonds is 4. The molecular formula is C36H26F14N4Si2. The van der Waals surface area contributed by atoms with Crippen LogP contribution in [-0.4, -0.2) is 75.0 Å². The van der Waals surface area contributed by atoms with Gasteiger partial charge in [-0.15, -0.1) is 11.1 Å². The van der Waals surface area contributed by atoms with Gasteiger partial charge in [0.2, 0.25) is 0 Å². The number of allylic oxidation sites excluding steroid dienone is 12. The molecule has 5 aliphatic heterocycles. The van der Waals surface area contributed by atoms with Gasteiger partial charge in [-0.25, -0.2) is 20.0 Å². The summed E-state index contributed by atoms with van der Waals surface area (Å²) in [6, 6.07) is 0. The smallest absolute Gasteiger partial charge is 0.247 e. The fourth-order valence-electron chi connectivity index (χ4n) is 5.16. The quantitative estimate of drug-likeness (QED) is 0.154. The summed E-state index contributed by atoms with van der Waals surface area (Å²) >= 11 is 0. The van der Waals surface area contributed by atoms with E-state index in [1.54, 1.807) is 39.3 Å². The van der Waals surface area contributed by atoms with E-state index < -0.39 is 120 Å². The molecule has 0 saturated heterocycles. The molecular weight excluding hydrogens is 811 g/mol. The van der Waals surface area contributed by atoms with Crippen LogP contribution in [0.5, 0.6) is 0 Å². The van der Waals surface area contributed by atoms with Crippen molar-refractivity contribution < 1.29 is 61.5 Å². The molecule has 20 heteroatoms. The SMILES string of the molecule is C[Si](C)(C)C#CC1=C2C=CC(=N2)C(C(F)(F)C(F)(F)C(F)(F)F)=C2C=CC(=N2)C(C#C[Si](C)(C)C)=C2C=CC(=N2)C(C(F)(F)C(F)(F)C(F)(F)F)=C2C=CC1=N2. The standard InChI is InChI=1S/C36H26F14N4Si2/c1-55(2,3)17-15-19-21-7-11-25(51-21)29(31(37,38)33(41,42)35(45,46)47)27-13-9-23(53-27)20(16-18-56(4,5)6)24-10-14-28(54-24)30(26-12-8-22(19)52-26)32(39,40)34(43,44)36(48,49)50/h7-14H,1-6H3. The topological polar surface area (TPSA) is 49.4 Å². The Morgan fingerprint density at radius 3 is 0.946 bits per heavy atom. The van der Waals surface area contributed by atoms with Gasteiger partial charge < -0.3 is 0 Å². The molecule has 0 N–H and O–H groups in total. The van der Waals surface area contributed by atoms with Crippen LogP contribution in [0, 0.1) is 22.9 Å². The lowest BCUT2D eigenvalue weighted by Gasteiger charge is -2.30. The van der Waals surface area contributed by atoms with Crippen molar-refractivity contribution in [1.82, 2.24) is 0 Å². The van der Waals surface area contributed by atoms with Gasteiger partial charge in [0, 0.05) is 0 Å². The lowest BCUT2D eigenvalue weighted by molar-refractivity contribution is -0.343. The van der Waals surface area contributed by atoms with Crippen molar-refractivity contribution >= 4 is 39.0 Å². The average molecular weight is 837 g/mol. The van der Waals surface area contributed by atoms with Gasteiger partial charge in [-0.3, -0.25) is 0 Å². The molecule has 4 nitrogen and oxygen atoms in total. The number of nitrogens with zero attached hydrogens (tertiary/aromatic N) is 4. The Balaban J connectivity index is 1.98. The molecule has 8 bridgehead atoms. The highest BCUT2D eigenvalue weighted by Gasteiger charge is 2.76. The van der Waals surface area contributed by atoms with Crippen molar-refractivity contribution in [3.8, 4) is 22.9 Å². The second-order valence-electron chi connectivity index (χ2n) is 14.7. The monoisotopic (exact) mass is 836 g/mol. The van der Waals surface area contributed by atoms with Crippen molar-refractivity contribution in [2.24, 2.45) is 20.0 Å². The van der Waals surface area contributed by atoms with E-state index in [1.807, 2.05) is 0 Å². The van der Waals surface area contributed by atoms with E-state index in [4.69, 9.17) is 0 Å². The van der Waals surface area contributed by atoms with Gasteiger partial charge in [-0.05, 0) is 48.6 Å². The third-order valence-electron chi connectivity index (χ3n) is 7.86. The number of fused-ring (bicyclic) bond motifs is 4. The lowest BCUT2D eigenvalue weighted by atomic mass is 9.95. The first-order valence-corrected chi connectivity index (χ1v) is 23.1. The highest BCUT2D eigenvalue weighted by Crippen LogP contribution is 2.53. The van der Waals surface area contributed by atoms with E-state index in [0.29, 0.717) is 24.3 Å². The number of hydrogen-bond donors (Lipinski definition) is 0. The van der Waals surface area contributed by atoms with E-state index in [2.05, 4.69) is 42.9 Å². The van der Waals surface area contributed by atoms with Gasteiger partial charge in [-0.2, -0.15) is 61.5 Å². The molecule has 5 rings (SSSR count). The Hall–Kier alpha value is -4.83. The predicted octanol–water partition coefficient (Wildman–Crippen LogP) is 10.5. The van der Waals surface area contributed by atoms with Gasteiger partial charge in [0.25, 0.3) is 0 Å². The first-order chi connectivity index (χ1) is 25.3. The highest BCUT2D eigenvalue weighted by atomic mass is 28.3. The molecule has 0 aromatic heterocycles. The fraction of sp³-hybridized carbons (Fsp3) is 0.333. The molecule has 5 aliphatic rings. The van der Waals surface area contributed by atoms with Gasteiger partial charge in [0.1, 0.15) is 16.1 Å². The third kappa shape index (κ3) is 7.52. The van der Waals surface area contributed by atoms with Crippen molar-refractivity contribution in [3.05, 3.63) is 93.7 Å². The zero-order valence-electron chi connectivity index (χ0n) is 29.7. The maximum Gasteiger partial charge on any atom is 0.460 e. The predicted molar refractivity (Wildman–Crippen MR) is 189 cm³/mol. The lowest BCUT2D eigenvalue weighted by Crippen LogP contribution is -2.54. The number of alkyl halides is 14. The van der Waals surface area contributed by atoms with Crippen LogP contribution in [0.25, 0.3) is 0 Å². The zero-order chi connectivity index (χ0) is 42.2. The van der Waals surface area contributed by atoms with Crippen LogP contribution in [-0.2, 0) is 0 Å². The van der Waals surface area contributed by atoms with E-state index in [0.717, 1.165) is 24.3 Å². The van der Waals surface area contributed by atoms with E-state index in [-0.39, 0.29) is 0 Å². The van der Waals surface area contributed by atoms with Crippen LogP contribution in [0.15, 0.2) is 114 Å². The maximum atomic E-state index is 15.8. The molecule has 0 saturated carbocycles. The number of aliphatic imine (C=N–C) groups is 4. The first kappa shape index (κ1) is 42.3. The molecule has 296 valence electrons. The number of hydrogen-bond acceptors (Lipinski definition) is 4. The Morgan fingerprint density at radius 2 is 0.661 bits per heavy atom. The van der Waals surface area contributed by atoms with E-state index in [9.17, 15) is 43.9 Å². The summed E-state index contributed by atoms with van der Waals surface area (Å²) in [5.41, 5.74) is -5.94. The van der Waals surface area contributed by atoms with Crippen molar-refractivity contribution in [1.29, 1.82) is 0 Å². The summed E-state index contributed by atoms with van der Waals surface area (Å²) in [5.74, 6) is -20.2. The molecule has 0 amide bonds. The summed E-state index contributed by atoms with van der Waals surface area (Å²) in [4.78, 5) is 15.5. The van der Waals surface area contributed by atoms with Crippen LogP contribution >= 0.6 is 0 Å². The Bertz CT molecular complexity index is 2140. The molecule has 0 aliphatic carbocycles. The van der Waals surface area contributed by atoms with Crippen LogP contribution in [0.1, 0.15) is 0 Å². The van der Waals surface area contributed by atoms with Crippen molar-refractivity contribution in [2.45, 2.75) is 75.3 Å². The number of halogens is 14. The molecule has 0 spiro atoms. The van der Waals surface area contributed by atoms with Crippen LogP contribution in [0.3, 0.4) is 0 Å². The summed E-state index contributed by atoms with van der Waals surface area (Å²) in [5, 5.41) is 0. The highest BCUT2D eigenvalue weighted by molar-refractivity contribution is 6.84. The molecule has 0 aromatic rings. The van der Waals surface area contributed by atoms with Crippen molar-refractivity contribution in [3.63, 3.8) is 0 Å². The van der Waals surface area contributed by atoms with Crippen molar-refractivity contribution in [2.75, 3.05) is 0 Å². The van der Waals surface area contributed by atoms with Gasteiger partial charge in [0.05, 0.1) is 67.9 Å². The van der Waals surface area contributed by atoms with Gasteiger partial charge >= 0.3 is 36.0 Å². The summed E-state index contributed by atoms with van der Waals surface area (Å²) in [7, 11) is -4.89. The molecule has 56 heavy (non-hydrogen) atoms. The van der Waals surface area contributed by atoms with Crippen LogP contribution < -0.4 is 0 Å². The summed E-state index contributed by atoms with van der Waals surface area (Å²) in [6.45, 7) is 10.2. The molecule has 0 radical (unpaired) electrons. The molecule has 0 fully saturated rings. The minimum atomic E-state index is -6.78. The Kier molecular flexibility index (Phi) is 10.1. The summed E-state index contributed by atoms with van der Waals surface area (Å²) in [6.07, 6.45) is -7.54. The molecule has 0 atom stereocenters. The molecule has 5 heterocycles. The minimum Gasteiger partial charge on any atom is -0.247 e. The Morgan fingerprint density at radius 1 is 0.393 bits per heavy atom. The summed E-state index contributed by atoms with van der Waals surface area (Å²) < 4.78 is 204. The maximum absolute atomic E-state index is 15.8. The van der Waals surface area contributed by atoms with Gasteiger partial charge in [-0.1, -0.05) is 51.1 Å². The molecule has 0 aromatic carbocycles. The fourth-order valence-corrected chi connectivity index (χ4v) is 6.16. The van der Waals surface area contributed by atoms with Gasteiger partial charge in [0.15, 0.2) is 0 Å². The average Bonchev–Trinajstić information content (AvgIpc) is 3.85. The van der Waals surface area contributed by atoms with Crippen LogP contribution in [0.2, 0.25) is 39.3 Å². The second-order valence-corrected chi connectivity index (χ2v) is 24.2. The zero-order valence-corrected chi connectivity index (χ0v) is 31.7. The molecule has 0 unspecified atom stereocenters. The largest absolute Gasteiger partial charge is 0.460 e.